The molecule has 10 heteroatoms. The van der Waals surface area contributed by atoms with Crippen LogP contribution in [0.15, 0.2) is 237 Å². The van der Waals surface area contributed by atoms with Crippen LogP contribution in [-0.2, 0) is 0 Å². The van der Waals surface area contributed by atoms with Gasteiger partial charge in [-0.2, -0.15) is 0 Å². The number of phenolic OH excluding ortho intramolecular Hbond substituents is 2. The lowest BCUT2D eigenvalue weighted by atomic mass is 9.85. The van der Waals surface area contributed by atoms with E-state index in [2.05, 4.69) is 211 Å². The van der Waals surface area contributed by atoms with E-state index < -0.39 is 0 Å². The second-order valence-electron chi connectivity index (χ2n) is 28.7. The smallest absolute Gasteiger partial charge is 0.116 e. The van der Waals surface area contributed by atoms with Crippen molar-refractivity contribution in [2.45, 2.75) is 135 Å². The minimum absolute atomic E-state index is 0.144. The van der Waals surface area contributed by atoms with Gasteiger partial charge in [-0.3, -0.25) is 4.90 Å². The highest BCUT2D eigenvalue weighted by Gasteiger charge is 2.32. The molecule has 9 aromatic carbocycles. The van der Waals surface area contributed by atoms with Crippen molar-refractivity contribution in [1.29, 1.82) is 0 Å². The van der Waals surface area contributed by atoms with Crippen LogP contribution in [-0.4, -0.2) is 131 Å². The van der Waals surface area contributed by atoms with E-state index in [1.807, 2.05) is 60.7 Å². The Morgan fingerprint density at radius 3 is 1.04 bits per heavy atom. The number of nitrogen functional groups attached to an aromatic ring is 1. The number of rotatable bonds is 24. The minimum Gasteiger partial charge on any atom is -0.508 e. The van der Waals surface area contributed by atoms with Crippen LogP contribution in [0.2, 0.25) is 0 Å². The molecule has 1 saturated carbocycles. The highest BCUT2D eigenvalue weighted by atomic mass is 16.3. The van der Waals surface area contributed by atoms with E-state index >= 15 is 0 Å². The van der Waals surface area contributed by atoms with Crippen molar-refractivity contribution in [2.24, 2.45) is 0 Å². The molecule has 0 spiro atoms. The summed E-state index contributed by atoms with van der Waals surface area (Å²) in [5.74, 6) is 1.80. The quantitative estimate of drug-likeness (QED) is 0.0256. The second kappa shape index (κ2) is 37.4. The molecule has 102 heavy (non-hydrogen) atoms. The summed E-state index contributed by atoms with van der Waals surface area (Å²) >= 11 is 0. The van der Waals surface area contributed by atoms with E-state index in [-0.39, 0.29) is 31.3 Å². The molecule has 4 aliphatic rings. The molecule has 0 bridgehead atoms. The molecule has 3 heterocycles. The number of aromatic hydroxyl groups is 2. The molecule has 0 atom stereocenters. The van der Waals surface area contributed by atoms with Crippen LogP contribution in [0, 0.1) is 0 Å². The van der Waals surface area contributed by atoms with Crippen molar-refractivity contribution in [3.8, 4) is 11.5 Å². The number of nitrogens with two attached hydrogens (primary N) is 1. The summed E-state index contributed by atoms with van der Waals surface area (Å²) < 4.78 is 0. The fourth-order valence-corrected chi connectivity index (χ4v) is 15.4. The first-order valence-electron chi connectivity index (χ1n) is 37.8. The normalized spacial score (nSPS) is 16.5. The van der Waals surface area contributed by atoms with Gasteiger partial charge in [-0.25, -0.2) is 0 Å². The van der Waals surface area contributed by atoms with Gasteiger partial charge in [-0.05, 0) is 286 Å². The van der Waals surface area contributed by atoms with Crippen molar-refractivity contribution >= 4 is 44.8 Å². The van der Waals surface area contributed by atoms with Gasteiger partial charge in [0.05, 0.1) is 0 Å². The molecule has 13 rings (SSSR count). The number of piperidine rings is 2. The molecule has 0 aromatic heterocycles. The summed E-state index contributed by atoms with van der Waals surface area (Å²) in [7, 11) is 0. The zero-order valence-electron chi connectivity index (χ0n) is 60.8. The average molecular weight is 1360 g/mol. The molecule has 0 radical (unpaired) electrons. The Morgan fingerprint density at radius 2 is 0.686 bits per heavy atom. The number of aliphatic hydroxyl groups excluding tert-OH is 3. The number of hydrogen-bond acceptors (Lipinski definition) is 10. The third-order valence-electron chi connectivity index (χ3n) is 21.3. The third kappa shape index (κ3) is 20.1. The van der Waals surface area contributed by atoms with Crippen molar-refractivity contribution in [3.63, 3.8) is 0 Å². The molecular formula is C92H109N5O5. The van der Waals surface area contributed by atoms with Crippen molar-refractivity contribution in [2.75, 3.05) is 82.8 Å². The van der Waals surface area contributed by atoms with Crippen LogP contribution in [0.3, 0.4) is 0 Å². The first-order chi connectivity index (χ1) is 49.9. The Morgan fingerprint density at radius 1 is 0.353 bits per heavy atom. The Kier molecular flexibility index (Phi) is 27.2. The number of hydrogen-bond donors (Lipinski definition) is 6. The zero-order valence-corrected chi connectivity index (χ0v) is 60.8. The lowest BCUT2D eigenvalue weighted by Gasteiger charge is -2.38. The lowest BCUT2D eigenvalue weighted by Crippen LogP contribution is -2.48. The fraction of sp³-hybridized carbons (Fsp3) is 0.348. The van der Waals surface area contributed by atoms with E-state index in [1.54, 1.807) is 12.1 Å². The number of allylic oxidation sites excluding steroid dienone is 3. The Hall–Kier alpha value is -8.84. The number of nitrogens with zero attached hydrogens (tertiary/aromatic N) is 4. The minimum atomic E-state index is 0.144. The Labute approximate surface area is 608 Å². The number of aliphatic hydroxyl groups is 3. The van der Waals surface area contributed by atoms with E-state index in [0.717, 1.165) is 114 Å². The summed E-state index contributed by atoms with van der Waals surface area (Å²) in [4.78, 5) is 10.3. The van der Waals surface area contributed by atoms with Crippen molar-refractivity contribution < 1.29 is 25.5 Å². The Balaban J connectivity index is 0.000000154. The predicted octanol–water partition coefficient (Wildman–Crippen LogP) is 18.7. The summed E-state index contributed by atoms with van der Waals surface area (Å²) in [5, 5.41) is 49.3. The van der Waals surface area contributed by atoms with E-state index in [4.69, 9.17) is 5.73 Å². The van der Waals surface area contributed by atoms with Gasteiger partial charge in [0.1, 0.15) is 11.5 Å². The van der Waals surface area contributed by atoms with Gasteiger partial charge in [0.2, 0.25) is 0 Å². The third-order valence-corrected chi connectivity index (χ3v) is 21.3. The maximum atomic E-state index is 10.2. The number of benzene rings is 9. The standard InChI is InChI=1S/C31H38N2O.C31H35NO2.C30H36N2O2/c1-23(2)33-20-18-25(19-21-33)24-10-12-27(13-11-24)31(28-14-16-29(32)17-15-28)30(9-6-22-34)26-7-4-3-5-8-26;33-21-5-10-30(25-6-2-1-3-7-25)31(27-8-4-9-29(34)22-27)26-13-11-23(12-14-26)24-17-19-32(20-18-24)28-15-16-28;1-23(2)31-17-19-32(20-18-31)27-15-13-25(14-16-27)30(26-10-6-11-28(34)22-26)29(12-7-21-33)24-8-4-3-5-9-24/h3-5,7-8,10-17,23,25,34H,6,9,18-22,32H2,1-2H3;1-4,6-9,11-14,22,24,28,33-34H,5,10,15-21H2;3-6,8-11,13-16,22-23,33-34H,7,12,17-21H2,1-2H3/b2*31-30+;30-29+. The topological polar surface area (TPSA) is 140 Å². The highest BCUT2D eigenvalue weighted by molar-refractivity contribution is 6.01. The van der Waals surface area contributed by atoms with Gasteiger partial charge in [-0.15, -0.1) is 0 Å². The van der Waals surface area contributed by atoms with E-state index in [0.29, 0.717) is 36.8 Å². The molecular weight excluding hydrogens is 1260 g/mol. The first kappa shape index (κ1) is 74.4. The van der Waals surface area contributed by atoms with Crippen LogP contribution in [0.1, 0.15) is 178 Å². The van der Waals surface area contributed by atoms with Crippen LogP contribution in [0.4, 0.5) is 11.4 Å². The summed E-state index contributed by atoms with van der Waals surface area (Å²) in [6, 6.07) is 83.8. The summed E-state index contributed by atoms with van der Waals surface area (Å²) in [5.41, 5.74) is 28.1. The molecule has 4 fully saturated rings. The molecule has 0 unspecified atom stereocenters. The lowest BCUT2D eigenvalue weighted by molar-refractivity contribution is 0.172. The second-order valence-corrected chi connectivity index (χ2v) is 28.7. The van der Waals surface area contributed by atoms with Crippen molar-refractivity contribution in [3.05, 3.63) is 298 Å². The van der Waals surface area contributed by atoms with Crippen LogP contribution in [0.5, 0.6) is 11.5 Å². The molecule has 0 amide bonds. The molecule has 3 saturated heterocycles. The van der Waals surface area contributed by atoms with E-state index in [9.17, 15) is 25.5 Å². The van der Waals surface area contributed by atoms with Crippen molar-refractivity contribution in [1.82, 2.24) is 14.7 Å². The Bertz CT molecular complexity index is 3930. The molecule has 7 N–H and O–H groups in total. The first-order valence-corrected chi connectivity index (χ1v) is 37.8. The predicted molar refractivity (Wildman–Crippen MR) is 427 cm³/mol. The van der Waals surface area contributed by atoms with Gasteiger partial charge in [0.15, 0.2) is 0 Å². The van der Waals surface area contributed by atoms with Gasteiger partial charge in [0.25, 0.3) is 0 Å². The number of likely N-dealkylation sites (tertiary alicyclic amines) is 2. The molecule has 9 aromatic rings. The zero-order chi connectivity index (χ0) is 71.2. The summed E-state index contributed by atoms with van der Waals surface area (Å²) in [6.07, 6.45) is 12.2. The van der Waals surface area contributed by atoms with Crippen LogP contribution in [0.25, 0.3) is 33.4 Å². The maximum Gasteiger partial charge on any atom is 0.116 e. The van der Waals surface area contributed by atoms with Gasteiger partial charge < -0.3 is 46.0 Å². The van der Waals surface area contributed by atoms with E-state index in [1.165, 1.54) is 115 Å². The summed E-state index contributed by atoms with van der Waals surface area (Å²) in [6.45, 7) is 18.7. The molecule has 532 valence electrons. The molecule has 1 aliphatic carbocycles. The van der Waals surface area contributed by atoms with Gasteiger partial charge >= 0.3 is 0 Å². The number of phenols is 2. The van der Waals surface area contributed by atoms with Gasteiger partial charge in [-0.1, -0.05) is 188 Å². The highest BCUT2D eigenvalue weighted by Crippen LogP contribution is 2.42. The number of piperazine rings is 1. The van der Waals surface area contributed by atoms with Crippen LogP contribution >= 0.6 is 0 Å². The SMILES string of the molecule is CC(C)N1CCC(c2ccc(/C(=C(/CCCO)c3ccccc3)c3ccc(N)cc3)cc2)CC1.CC(C)N1CCN(c2ccc(/C(=C(/CCCO)c3ccccc3)c3cccc(O)c3)cc2)CC1.OCCC/C(=C(/c1ccc(C2CCN(C3CC3)CC2)cc1)c1cccc(O)c1)c1ccccc1. The molecule has 10 nitrogen and oxygen atoms in total. The van der Waals surface area contributed by atoms with Gasteiger partial charge in [0, 0.05) is 75.5 Å². The maximum absolute atomic E-state index is 10.2. The van der Waals surface area contributed by atoms with Crippen LogP contribution < -0.4 is 10.6 Å². The fourth-order valence-electron chi connectivity index (χ4n) is 15.4. The number of anilines is 2. The monoisotopic (exact) mass is 1360 g/mol. The largest absolute Gasteiger partial charge is 0.508 e. The molecule has 3 aliphatic heterocycles. The average Bonchev–Trinajstić information content (AvgIpc) is 0.838.